The summed E-state index contributed by atoms with van der Waals surface area (Å²) in [6.45, 7) is 14.9. The van der Waals surface area contributed by atoms with E-state index in [0.717, 1.165) is 35.7 Å². The molecule has 1 saturated heterocycles. The third-order valence-corrected chi connectivity index (χ3v) is 6.15. The van der Waals surface area contributed by atoms with Crippen LogP contribution in [-0.2, 0) is 12.8 Å². The van der Waals surface area contributed by atoms with Crippen molar-refractivity contribution < 1.29 is 9.18 Å². The van der Waals surface area contributed by atoms with E-state index in [0.29, 0.717) is 38.2 Å². The van der Waals surface area contributed by atoms with Crippen molar-refractivity contribution >= 4 is 11.8 Å². The number of carbonyl (C=O) groups is 1. The molecule has 2 heterocycles. The van der Waals surface area contributed by atoms with Crippen LogP contribution < -0.4 is 10.2 Å². The van der Waals surface area contributed by atoms with Crippen LogP contribution in [0.1, 0.15) is 76.5 Å². The van der Waals surface area contributed by atoms with Crippen LogP contribution in [0.4, 0.5) is 15.0 Å². The van der Waals surface area contributed by atoms with Gasteiger partial charge in [-0.15, -0.1) is 0 Å². The summed E-state index contributed by atoms with van der Waals surface area (Å²) in [6, 6.07) is 6.87. The van der Waals surface area contributed by atoms with E-state index in [9.17, 15) is 9.18 Å². The maximum absolute atomic E-state index is 14.5. The first-order valence-electron chi connectivity index (χ1n) is 12.1. The van der Waals surface area contributed by atoms with E-state index in [1.165, 1.54) is 6.07 Å². The van der Waals surface area contributed by atoms with Crippen LogP contribution in [0.25, 0.3) is 0 Å². The zero-order valence-corrected chi connectivity index (χ0v) is 20.9. The Labute approximate surface area is 197 Å². The van der Waals surface area contributed by atoms with E-state index in [-0.39, 0.29) is 23.3 Å². The normalized spacial score (nSPS) is 15.5. The van der Waals surface area contributed by atoms with Crippen molar-refractivity contribution in [1.29, 1.82) is 0 Å². The molecule has 1 atom stereocenters. The molecular weight excluding hydrogens is 417 g/mol. The molecule has 1 aromatic carbocycles. The number of hydrogen-bond acceptors (Lipinski definition) is 4. The van der Waals surface area contributed by atoms with E-state index in [1.54, 1.807) is 6.07 Å². The number of nitrogens with zero attached hydrogens (tertiary/aromatic N) is 4. The minimum absolute atomic E-state index is 0.0361. The zero-order valence-electron chi connectivity index (χ0n) is 20.9. The molecule has 1 aromatic heterocycles. The second kappa shape index (κ2) is 10.5. The van der Waals surface area contributed by atoms with E-state index >= 15 is 0 Å². The van der Waals surface area contributed by atoms with Gasteiger partial charge in [0.2, 0.25) is 0 Å². The first-order valence-corrected chi connectivity index (χ1v) is 12.1. The Morgan fingerprint density at radius 1 is 1.12 bits per heavy atom. The highest BCUT2D eigenvalue weighted by molar-refractivity contribution is 5.75. The molecule has 1 N–H and O–H groups in total. The molecule has 7 heteroatoms. The van der Waals surface area contributed by atoms with Crippen molar-refractivity contribution in [2.45, 2.75) is 72.3 Å². The first-order chi connectivity index (χ1) is 15.6. The molecule has 0 spiro atoms. The van der Waals surface area contributed by atoms with Gasteiger partial charge in [0, 0.05) is 55.3 Å². The van der Waals surface area contributed by atoms with E-state index < -0.39 is 0 Å². The van der Waals surface area contributed by atoms with Crippen LogP contribution in [0.2, 0.25) is 0 Å². The quantitative estimate of drug-likeness (QED) is 0.672. The molecule has 3 rings (SSSR count). The third kappa shape index (κ3) is 6.21. The fourth-order valence-corrected chi connectivity index (χ4v) is 4.03. The molecule has 180 valence electrons. The van der Waals surface area contributed by atoms with Gasteiger partial charge in [0.1, 0.15) is 17.5 Å². The number of halogens is 1. The van der Waals surface area contributed by atoms with E-state index in [1.807, 2.05) is 37.8 Å². The Morgan fingerprint density at radius 3 is 2.36 bits per heavy atom. The van der Waals surface area contributed by atoms with Gasteiger partial charge in [-0.25, -0.2) is 19.2 Å². The lowest BCUT2D eigenvalue weighted by atomic mass is 10.00. The van der Waals surface area contributed by atoms with E-state index in [2.05, 4.69) is 31.0 Å². The minimum atomic E-state index is -0.269. The van der Waals surface area contributed by atoms with Crippen molar-refractivity contribution in [3.05, 3.63) is 52.7 Å². The summed E-state index contributed by atoms with van der Waals surface area (Å²) in [4.78, 5) is 26.6. The van der Waals surface area contributed by atoms with Gasteiger partial charge in [-0.2, -0.15) is 0 Å². The first kappa shape index (κ1) is 24.9. The Bertz CT molecular complexity index is 964. The van der Waals surface area contributed by atoms with Gasteiger partial charge in [0.25, 0.3) is 0 Å². The summed E-state index contributed by atoms with van der Waals surface area (Å²) in [5.74, 6) is 1.77. The lowest BCUT2D eigenvalue weighted by Gasteiger charge is -2.38. The molecule has 0 saturated carbocycles. The van der Waals surface area contributed by atoms with Gasteiger partial charge in [0.15, 0.2) is 0 Å². The molecule has 1 aliphatic rings. The Hall–Kier alpha value is -2.70. The number of aryl methyl sites for hydroxylation is 1. The Morgan fingerprint density at radius 2 is 1.79 bits per heavy atom. The zero-order chi connectivity index (χ0) is 24.2. The third-order valence-electron chi connectivity index (χ3n) is 6.15. The van der Waals surface area contributed by atoms with Gasteiger partial charge in [-0.1, -0.05) is 39.0 Å². The van der Waals surface area contributed by atoms with Gasteiger partial charge in [0.05, 0.1) is 0 Å². The predicted molar refractivity (Wildman–Crippen MR) is 131 cm³/mol. The Kier molecular flexibility index (Phi) is 7.92. The van der Waals surface area contributed by atoms with E-state index in [4.69, 9.17) is 9.97 Å². The largest absolute Gasteiger partial charge is 0.353 e. The van der Waals surface area contributed by atoms with Crippen molar-refractivity contribution in [2.24, 2.45) is 0 Å². The lowest BCUT2D eigenvalue weighted by molar-refractivity contribution is 0.185. The highest BCUT2D eigenvalue weighted by Gasteiger charge is 2.27. The number of piperazine rings is 1. The van der Waals surface area contributed by atoms with Gasteiger partial charge < -0.3 is 15.1 Å². The van der Waals surface area contributed by atoms with Crippen LogP contribution in [0.5, 0.6) is 0 Å². The number of nitrogens with one attached hydrogen (secondary N) is 1. The number of rotatable bonds is 6. The van der Waals surface area contributed by atoms with Crippen molar-refractivity contribution in [3.63, 3.8) is 0 Å². The number of amides is 2. The Balaban J connectivity index is 1.92. The van der Waals surface area contributed by atoms with Crippen LogP contribution in [0, 0.1) is 5.82 Å². The molecule has 2 aromatic rings. The van der Waals surface area contributed by atoms with Gasteiger partial charge >= 0.3 is 6.03 Å². The molecule has 1 fully saturated rings. The van der Waals surface area contributed by atoms with Gasteiger partial charge in [-0.05, 0) is 45.2 Å². The second-order valence-corrected chi connectivity index (χ2v) is 9.92. The van der Waals surface area contributed by atoms with Crippen LogP contribution in [0.3, 0.4) is 0 Å². The predicted octanol–water partition coefficient (Wildman–Crippen LogP) is 4.91. The molecule has 6 nitrogen and oxygen atoms in total. The average molecular weight is 456 g/mol. The highest BCUT2D eigenvalue weighted by Crippen LogP contribution is 2.29. The lowest BCUT2D eigenvalue weighted by Crippen LogP contribution is -2.55. The summed E-state index contributed by atoms with van der Waals surface area (Å²) in [7, 11) is 0. The topological polar surface area (TPSA) is 61.4 Å². The number of urea groups is 1. The average Bonchev–Trinajstić information content (AvgIpc) is 2.79. The number of hydrogen-bond donors (Lipinski definition) is 1. The number of benzene rings is 1. The van der Waals surface area contributed by atoms with Crippen LogP contribution >= 0.6 is 0 Å². The number of carbonyl (C=O) groups excluding carboxylic acids is 1. The molecule has 0 unspecified atom stereocenters. The van der Waals surface area contributed by atoms with Crippen LogP contribution in [-0.4, -0.2) is 52.6 Å². The van der Waals surface area contributed by atoms with Crippen molar-refractivity contribution in [1.82, 2.24) is 20.2 Å². The number of aromatic nitrogens is 2. The van der Waals surface area contributed by atoms with Crippen molar-refractivity contribution in [2.75, 3.05) is 31.1 Å². The summed E-state index contributed by atoms with van der Waals surface area (Å²) in [5.41, 5.74) is 2.35. The SMILES string of the molecule is CCc1nc([C@@H](C)CC)nc(N2CCN(C(=O)NC(C)(C)C)CC2)c1Cc1ccccc1F. The summed E-state index contributed by atoms with van der Waals surface area (Å²) >= 11 is 0. The molecule has 0 radical (unpaired) electrons. The molecular formula is C26H38FN5O. The van der Waals surface area contributed by atoms with Crippen LogP contribution in [0.15, 0.2) is 24.3 Å². The highest BCUT2D eigenvalue weighted by atomic mass is 19.1. The molecule has 0 bridgehead atoms. The smallest absolute Gasteiger partial charge is 0.317 e. The molecule has 1 aliphatic heterocycles. The summed E-state index contributed by atoms with van der Waals surface area (Å²) < 4.78 is 14.5. The molecule has 2 amide bonds. The second-order valence-electron chi connectivity index (χ2n) is 9.92. The number of anilines is 1. The maximum Gasteiger partial charge on any atom is 0.317 e. The fraction of sp³-hybridized carbons (Fsp3) is 0.577. The molecule has 0 aliphatic carbocycles. The summed E-state index contributed by atoms with van der Waals surface area (Å²) in [6.07, 6.45) is 2.17. The fourth-order valence-electron chi connectivity index (χ4n) is 4.03. The van der Waals surface area contributed by atoms with Gasteiger partial charge in [-0.3, -0.25) is 0 Å². The molecule has 33 heavy (non-hydrogen) atoms. The summed E-state index contributed by atoms with van der Waals surface area (Å²) in [5, 5.41) is 3.04. The van der Waals surface area contributed by atoms with Crippen molar-refractivity contribution in [3.8, 4) is 0 Å². The monoisotopic (exact) mass is 455 g/mol. The standard InChI is InChI=1S/C26H38FN5O/c1-7-18(3)23-28-22(8-2)20(17-19-11-9-10-12-21(19)27)24(29-23)31-13-15-32(16-14-31)25(33)30-26(4,5)6/h9-12,18H,7-8,13-17H2,1-6H3,(H,30,33)/t18-/m0/s1. The maximum atomic E-state index is 14.5. The minimum Gasteiger partial charge on any atom is -0.353 e.